The smallest absolute Gasteiger partial charge is 0.251 e. The number of benzene rings is 1. The first-order chi connectivity index (χ1) is 9.36. The first-order valence-electron chi connectivity index (χ1n) is 5.97. The zero-order chi connectivity index (χ0) is 15.2. The van der Waals surface area contributed by atoms with Crippen LogP contribution in [0.1, 0.15) is 23.2 Å². The Morgan fingerprint density at radius 3 is 2.30 bits per heavy atom. The molecule has 0 fully saturated rings. The minimum absolute atomic E-state index is 0.0882. The minimum Gasteiger partial charge on any atom is -0.370 e. The van der Waals surface area contributed by atoms with Gasteiger partial charge in [0.15, 0.2) is 0 Å². The van der Waals surface area contributed by atoms with E-state index in [0.717, 1.165) is 0 Å². The molecule has 0 heterocycles. The van der Waals surface area contributed by atoms with Crippen molar-refractivity contribution < 1.29 is 18.0 Å². The normalized spacial score (nSPS) is 11.1. The first kappa shape index (κ1) is 16.1. The monoisotopic (exact) mass is 299 g/mol. The summed E-state index contributed by atoms with van der Waals surface area (Å²) in [5.74, 6) is -0.747. The Hall–Kier alpha value is -1.93. The van der Waals surface area contributed by atoms with Crippen molar-refractivity contribution in [3.05, 3.63) is 29.8 Å². The van der Waals surface area contributed by atoms with E-state index in [-0.39, 0.29) is 17.2 Å². The number of sulfonamides is 1. The highest BCUT2D eigenvalue weighted by atomic mass is 32.2. The maximum absolute atomic E-state index is 11.7. The lowest BCUT2D eigenvalue weighted by Gasteiger charge is -2.06. The molecule has 0 atom stereocenters. The largest absolute Gasteiger partial charge is 0.370 e. The number of hydrogen-bond acceptors (Lipinski definition) is 4. The highest BCUT2D eigenvalue weighted by molar-refractivity contribution is 7.89. The third-order valence-electron chi connectivity index (χ3n) is 2.58. The Bertz CT molecular complexity index is 581. The van der Waals surface area contributed by atoms with Crippen molar-refractivity contribution in [1.82, 2.24) is 10.0 Å². The summed E-state index contributed by atoms with van der Waals surface area (Å²) >= 11 is 0. The molecule has 0 saturated heterocycles. The average Bonchev–Trinajstić information content (AvgIpc) is 2.43. The summed E-state index contributed by atoms with van der Waals surface area (Å²) in [6.07, 6.45) is 0.674. The first-order valence-corrected chi connectivity index (χ1v) is 7.45. The molecule has 1 aromatic carbocycles. The molecule has 4 N–H and O–H groups in total. The van der Waals surface area contributed by atoms with Gasteiger partial charge in [0.2, 0.25) is 15.9 Å². The number of amides is 2. The predicted molar refractivity (Wildman–Crippen MR) is 73.4 cm³/mol. The number of nitrogens with two attached hydrogens (primary N) is 1. The molecule has 1 aromatic rings. The van der Waals surface area contributed by atoms with Crippen molar-refractivity contribution in [2.24, 2.45) is 5.73 Å². The van der Waals surface area contributed by atoms with Crippen LogP contribution in [0.3, 0.4) is 0 Å². The van der Waals surface area contributed by atoms with Gasteiger partial charge in [-0.3, -0.25) is 9.59 Å². The van der Waals surface area contributed by atoms with Crippen LogP contribution in [0.5, 0.6) is 0 Å². The van der Waals surface area contributed by atoms with Crippen LogP contribution in [-0.4, -0.2) is 33.8 Å². The standard InChI is InChI=1S/C12H17N3O4S/c1-14-20(18,19)10-6-4-9(5-7-10)12(17)15-8-2-3-11(13)16/h4-7,14H,2-3,8H2,1H3,(H2,13,16)(H,15,17). The fourth-order valence-corrected chi connectivity index (χ4v) is 2.20. The Labute approximate surface area is 117 Å². The van der Waals surface area contributed by atoms with Crippen LogP contribution >= 0.6 is 0 Å². The molecule has 8 heteroatoms. The molecule has 0 aromatic heterocycles. The van der Waals surface area contributed by atoms with Gasteiger partial charge >= 0.3 is 0 Å². The van der Waals surface area contributed by atoms with Gasteiger partial charge in [-0.1, -0.05) is 0 Å². The van der Waals surface area contributed by atoms with Crippen LogP contribution in [-0.2, 0) is 14.8 Å². The van der Waals surface area contributed by atoms with Gasteiger partial charge in [0.1, 0.15) is 0 Å². The summed E-state index contributed by atoms with van der Waals surface area (Å²) in [6.45, 7) is 0.332. The van der Waals surface area contributed by atoms with E-state index in [9.17, 15) is 18.0 Å². The van der Waals surface area contributed by atoms with Crippen molar-refractivity contribution in [3.63, 3.8) is 0 Å². The summed E-state index contributed by atoms with van der Waals surface area (Å²) in [7, 11) is -2.19. The summed E-state index contributed by atoms with van der Waals surface area (Å²) in [6, 6.07) is 5.55. The lowest BCUT2D eigenvalue weighted by Crippen LogP contribution is -2.25. The Balaban J connectivity index is 2.60. The maximum Gasteiger partial charge on any atom is 0.251 e. The second-order valence-corrected chi connectivity index (χ2v) is 5.94. The molecular formula is C12H17N3O4S. The van der Waals surface area contributed by atoms with Crippen molar-refractivity contribution in [3.8, 4) is 0 Å². The zero-order valence-corrected chi connectivity index (χ0v) is 11.9. The average molecular weight is 299 g/mol. The molecule has 0 radical (unpaired) electrons. The number of rotatable bonds is 7. The molecule has 2 amide bonds. The minimum atomic E-state index is -3.50. The SMILES string of the molecule is CNS(=O)(=O)c1ccc(C(=O)NCCCC(N)=O)cc1. The predicted octanol–water partition coefficient (Wildman–Crippen LogP) is -0.410. The van der Waals surface area contributed by atoms with Gasteiger partial charge in [0.05, 0.1) is 4.90 Å². The number of carbonyl (C=O) groups is 2. The van der Waals surface area contributed by atoms with Gasteiger partial charge in [0, 0.05) is 18.5 Å². The van der Waals surface area contributed by atoms with E-state index in [0.29, 0.717) is 18.5 Å². The van der Waals surface area contributed by atoms with E-state index >= 15 is 0 Å². The van der Waals surface area contributed by atoms with Crippen LogP contribution < -0.4 is 15.8 Å². The van der Waals surface area contributed by atoms with Gasteiger partial charge in [-0.25, -0.2) is 13.1 Å². The molecule has 0 unspecified atom stereocenters. The van der Waals surface area contributed by atoms with E-state index in [2.05, 4.69) is 10.0 Å². The maximum atomic E-state index is 11.7. The van der Waals surface area contributed by atoms with Crippen molar-refractivity contribution in [1.29, 1.82) is 0 Å². The molecule has 20 heavy (non-hydrogen) atoms. The second-order valence-electron chi connectivity index (χ2n) is 4.06. The van der Waals surface area contributed by atoms with E-state index < -0.39 is 15.9 Å². The van der Waals surface area contributed by atoms with Crippen molar-refractivity contribution >= 4 is 21.8 Å². The molecular weight excluding hydrogens is 282 g/mol. The molecule has 1 rings (SSSR count). The summed E-state index contributed by atoms with van der Waals surface area (Å²) in [4.78, 5) is 22.3. The van der Waals surface area contributed by atoms with Gasteiger partial charge in [0.25, 0.3) is 5.91 Å². The van der Waals surface area contributed by atoms with Gasteiger partial charge < -0.3 is 11.1 Å². The lowest BCUT2D eigenvalue weighted by molar-refractivity contribution is -0.118. The molecule has 0 bridgehead atoms. The summed E-state index contributed by atoms with van der Waals surface area (Å²) in [5.41, 5.74) is 5.32. The molecule has 110 valence electrons. The fraction of sp³-hybridized carbons (Fsp3) is 0.333. The quantitative estimate of drug-likeness (QED) is 0.593. The van der Waals surface area contributed by atoms with Crippen LogP contribution in [0, 0.1) is 0 Å². The third-order valence-corrected chi connectivity index (χ3v) is 4.01. The molecule has 0 spiro atoms. The van der Waals surface area contributed by atoms with Crippen molar-refractivity contribution in [2.45, 2.75) is 17.7 Å². The zero-order valence-electron chi connectivity index (χ0n) is 11.0. The molecule has 7 nitrogen and oxygen atoms in total. The topological polar surface area (TPSA) is 118 Å². The van der Waals surface area contributed by atoms with E-state index in [1.807, 2.05) is 0 Å². The number of primary amides is 1. The van der Waals surface area contributed by atoms with Crippen LogP contribution in [0.2, 0.25) is 0 Å². The molecule has 0 saturated carbocycles. The van der Waals surface area contributed by atoms with Crippen LogP contribution in [0.25, 0.3) is 0 Å². The summed E-state index contributed by atoms with van der Waals surface area (Å²) in [5, 5.41) is 2.61. The van der Waals surface area contributed by atoms with Gasteiger partial charge in [-0.2, -0.15) is 0 Å². The fourth-order valence-electron chi connectivity index (χ4n) is 1.47. The van der Waals surface area contributed by atoms with Crippen LogP contribution in [0.4, 0.5) is 0 Å². The number of hydrogen-bond donors (Lipinski definition) is 3. The Morgan fingerprint density at radius 2 is 1.80 bits per heavy atom. The van der Waals surface area contributed by atoms with E-state index in [4.69, 9.17) is 5.73 Å². The van der Waals surface area contributed by atoms with E-state index in [1.54, 1.807) is 0 Å². The van der Waals surface area contributed by atoms with Gasteiger partial charge in [-0.15, -0.1) is 0 Å². The molecule has 0 aliphatic carbocycles. The highest BCUT2D eigenvalue weighted by Crippen LogP contribution is 2.10. The Morgan fingerprint density at radius 1 is 1.20 bits per heavy atom. The number of carbonyl (C=O) groups excluding carboxylic acids is 2. The second kappa shape index (κ2) is 7.01. The summed E-state index contributed by atoms with van der Waals surface area (Å²) < 4.78 is 25.2. The van der Waals surface area contributed by atoms with Gasteiger partial charge in [-0.05, 0) is 37.7 Å². The highest BCUT2D eigenvalue weighted by Gasteiger charge is 2.12. The van der Waals surface area contributed by atoms with E-state index in [1.165, 1.54) is 31.3 Å². The molecule has 0 aliphatic rings. The molecule has 0 aliphatic heterocycles. The van der Waals surface area contributed by atoms with Crippen molar-refractivity contribution in [2.75, 3.05) is 13.6 Å². The number of nitrogens with one attached hydrogen (secondary N) is 2. The van der Waals surface area contributed by atoms with Crippen LogP contribution in [0.15, 0.2) is 29.2 Å². The lowest BCUT2D eigenvalue weighted by atomic mass is 10.2. The third kappa shape index (κ3) is 4.63. The Kier molecular flexibility index (Phi) is 5.66.